The van der Waals surface area contributed by atoms with Crippen LogP contribution in [0.25, 0.3) is 0 Å². The Morgan fingerprint density at radius 2 is 1.72 bits per heavy atom. The van der Waals surface area contributed by atoms with Crippen LogP contribution in [0.2, 0.25) is 0 Å². The Kier molecular flexibility index (Phi) is 9.11. The summed E-state index contributed by atoms with van der Waals surface area (Å²) in [5, 5.41) is 7.90. The van der Waals surface area contributed by atoms with Gasteiger partial charge in [0.1, 0.15) is 5.75 Å². The number of carbonyl (C=O) groups is 1. The third kappa shape index (κ3) is 7.54. The quantitative estimate of drug-likeness (QED) is 0.376. The van der Waals surface area contributed by atoms with Crippen molar-refractivity contribution in [2.45, 2.75) is 27.3 Å². The number of likely N-dealkylation sites (N-methyl/N-ethyl adjacent to an activating group) is 1. The normalized spacial score (nSPS) is 10.9. The third-order valence-electron chi connectivity index (χ3n) is 4.37. The van der Waals surface area contributed by atoms with E-state index in [1.807, 2.05) is 75.4 Å². The van der Waals surface area contributed by atoms with E-state index in [0.717, 1.165) is 16.8 Å². The zero-order valence-corrected chi connectivity index (χ0v) is 18.0. The maximum atomic E-state index is 12.0. The summed E-state index contributed by atoms with van der Waals surface area (Å²) in [5.41, 5.74) is 5.73. The highest BCUT2D eigenvalue weighted by Gasteiger charge is 2.10. The molecule has 0 spiro atoms. The highest BCUT2D eigenvalue weighted by molar-refractivity contribution is 7.80. The van der Waals surface area contributed by atoms with Crippen molar-refractivity contribution < 1.29 is 9.53 Å². The summed E-state index contributed by atoms with van der Waals surface area (Å²) in [6.07, 6.45) is 0. The van der Waals surface area contributed by atoms with Crippen LogP contribution in [0.3, 0.4) is 0 Å². The van der Waals surface area contributed by atoms with E-state index in [-0.39, 0.29) is 12.5 Å². The van der Waals surface area contributed by atoms with E-state index in [4.69, 9.17) is 17.0 Å². The number of hydrogen-bond acceptors (Lipinski definition) is 4. The first-order chi connectivity index (χ1) is 14.0. The lowest BCUT2D eigenvalue weighted by Crippen LogP contribution is -2.34. The molecule has 154 valence electrons. The zero-order valence-electron chi connectivity index (χ0n) is 17.1. The summed E-state index contributed by atoms with van der Waals surface area (Å²) in [6.45, 7) is 7.85. The Hall–Kier alpha value is -2.93. The van der Waals surface area contributed by atoms with E-state index in [2.05, 4.69) is 15.8 Å². The Bertz CT molecular complexity index is 818. The first-order valence-corrected chi connectivity index (χ1v) is 10.1. The van der Waals surface area contributed by atoms with Gasteiger partial charge >= 0.3 is 0 Å². The molecule has 1 amide bonds. The van der Waals surface area contributed by atoms with Crippen molar-refractivity contribution in [3.8, 4) is 5.75 Å². The largest absolute Gasteiger partial charge is 0.484 e. The van der Waals surface area contributed by atoms with Gasteiger partial charge in [-0.15, -0.1) is 0 Å². The van der Waals surface area contributed by atoms with Crippen LogP contribution < -0.4 is 15.5 Å². The minimum Gasteiger partial charge on any atom is -0.484 e. The van der Waals surface area contributed by atoms with E-state index in [1.165, 1.54) is 0 Å². The second-order valence-electron chi connectivity index (χ2n) is 6.36. The molecule has 2 aromatic rings. The average Bonchev–Trinajstić information content (AvgIpc) is 2.76. The topological polar surface area (TPSA) is 66.0 Å². The van der Waals surface area contributed by atoms with Crippen LogP contribution in [-0.4, -0.2) is 41.3 Å². The molecule has 6 nitrogen and oxygen atoms in total. The van der Waals surface area contributed by atoms with Gasteiger partial charge in [0.2, 0.25) is 0 Å². The lowest BCUT2D eigenvalue weighted by molar-refractivity contribution is -0.132. The molecule has 0 aliphatic carbocycles. The molecule has 0 bridgehead atoms. The SMILES string of the molecule is CCN(CC)C(=O)COc1ccc(/C(C)=N\NC(=S)NCc2ccccc2)cc1. The van der Waals surface area contributed by atoms with E-state index in [0.29, 0.717) is 30.5 Å². The fourth-order valence-electron chi connectivity index (χ4n) is 2.62. The fraction of sp³-hybridized carbons (Fsp3) is 0.318. The van der Waals surface area contributed by atoms with Crippen molar-refractivity contribution in [1.82, 2.24) is 15.6 Å². The molecule has 0 aliphatic rings. The number of amides is 1. The van der Waals surface area contributed by atoms with E-state index >= 15 is 0 Å². The van der Waals surface area contributed by atoms with Gasteiger partial charge in [-0.2, -0.15) is 5.10 Å². The minimum absolute atomic E-state index is 0.0162. The predicted octanol–water partition coefficient (Wildman–Crippen LogP) is 3.32. The second-order valence-corrected chi connectivity index (χ2v) is 6.76. The Morgan fingerprint density at radius 3 is 2.34 bits per heavy atom. The summed E-state index contributed by atoms with van der Waals surface area (Å²) >= 11 is 5.26. The molecule has 0 fully saturated rings. The molecule has 0 unspecified atom stereocenters. The van der Waals surface area contributed by atoms with Crippen LogP contribution in [0.4, 0.5) is 0 Å². The number of hydrazone groups is 1. The molecule has 2 aromatic carbocycles. The van der Waals surface area contributed by atoms with Crippen molar-refractivity contribution in [2.75, 3.05) is 19.7 Å². The summed E-state index contributed by atoms with van der Waals surface area (Å²) in [4.78, 5) is 13.7. The number of rotatable bonds is 9. The van der Waals surface area contributed by atoms with Gasteiger partial charge in [-0.05, 0) is 68.4 Å². The van der Waals surface area contributed by atoms with Gasteiger partial charge in [-0.1, -0.05) is 30.3 Å². The fourth-order valence-corrected chi connectivity index (χ4v) is 2.74. The number of carbonyl (C=O) groups excluding carboxylic acids is 1. The standard InChI is InChI=1S/C22H28N4O2S/c1-4-26(5-2)21(27)16-28-20-13-11-19(12-14-20)17(3)24-25-22(29)23-15-18-9-7-6-8-10-18/h6-14H,4-5,15-16H2,1-3H3,(H2,23,25,29)/b24-17-. The molecule has 0 radical (unpaired) electrons. The minimum atomic E-state index is -0.0162. The molecule has 2 rings (SSSR count). The van der Waals surface area contributed by atoms with Crippen molar-refractivity contribution in [2.24, 2.45) is 5.10 Å². The predicted molar refractivity (Wildman–Crippen MR) is 121 cm³/mol. The molecule has 0 heterocycles. The van der Waals surface area contributed by atoms with E-state index in [9.17, 15) is 4.79 Å². The van der Waals surface area contributed by atoms with Gasteiger partial charge in [0, 0.05) is 19.6 Å². The highest BCUT2D eigenvalue weighted by atomic mass is 32.1. The number of nitrogens with one attached hydrogen (secondary N) is 2. The molecule has 29 heavy (non-hydrogen) atoms. The van der Waals surface area contributed by atoms with Gasteiger partial charge in [0.15, 0.2) is 11.7 Å². The Morgan fingerprint density at radius 1 is 1.07 bits per heavy atom. The van der Waals surface area contributed by atoms with Gasteiger partial charge in [0.05, 0.1) is 5.71 Å². The highest BCUT2D eigenvalue weighted by Crippen LogP contribution is 2.13. The summed E-state index contributed by atoms with van der Waals surface area (Å²) < 4.78 is 5.58. The number of thiocarbonyl (C=S) groups is 1. The van der Waals surface area contributed by atoms with Crippen LogP contribution in [0.15, 0.2) is 59.7 Å². The maximum Gasteiger partial charge on any atom is 0.260 e. The van der Waals surface area contributed by atoms with Gasteiger partial charge in [-0.3, -0.25) is 10.2 Å². The molecule has 0 aromatic heterocycles. The average molecular weight is 413 g/mol. The number of nitrogens with zero attached hydrogens (tertiary/aromatic N) is 2. The molecule has 0 aliphatic heterocycles. The van der Waals surface area contributed by atoms with Gasteiger partial charge < -0.3 is 15.0 Å². The zero-order chi connectivity index (χ0) is 21.1. The van der Waals surface area contributed by atoms with Crippen LogP contribution in [0, 0.1) is 0 Å². The van der Waals surface area contributed by atoms with Crippen molar-refractivity contribution in [1.29, 1.82) is 0 Å². The first-order valence-electron chi connectivity index (χ1n) is 9.66. The molecule has 0 atom stereocenters. The van der Waals surface area contributed by atoms with E-state index in [1.54, 1.807) is 4.90 Å². The summed E-state index contributed by atoms with van der Waals surface area (Å²) in [7, 11) is 0. The third-order valence-corrected chi connectivity index (χ3v) is 4.61. The molecule has 0 saturated heterocycles. The second kappa shape index (κ2) is 11.8. The molecular weight excluding hydrogens is 384 g/mol. The number of ether oxygens (including phenoxy) is 1. The van der Waals surface area contributed by atoms with Crippen LogP contribution in [0.1, 0.15) is 31.9 Å². The van der Waals surface area contributed by atoms with Gasteiger partial charge in [-0.25, -0.2) is 0 Å². The monoisotopic (exact) mass is 412 g/mol. The molecule has 7 heteroatoms. The van der Waals surface area contributed by atoms with Crippen molar-refractivity contribution >= 4 is 28.9 Å². The van der Waals surface area contributed by atoms with Crippen LogP contribution >= 0.6 is 12.2 Å². The van der Waals surface area contributed by atoms with Crippen LogP contribution in [-0.2, 0) is 11.3 Å². The molecule has 0 saturated carbocycles. The van der Waals surface area contributed by atoms with Crippen molar-refractivity contribution in [3.05, 3.63) is 65.7 Å². The number of benzene rings is 2. The lowest BCUT2D eigenvalue weighted by Gasteiger charge is -2.18. The van der Waals surface area contributed by atoms with E-state index < -0.39 is 0 Å². The Balaban J connectivity index is 1.82. The summed E-state index contributed by atoms with van der Waals surface area (Å²) in [6, 6.07) is 17.5. The first kappa shape index (κ1) is 22.4. The summed E-state index contributed by atoms with van der Waals surface area (Å²) in [5.74, 6) is 0.632. The number of hydrogen-bond donors (Lipinski definition) is 2. The van der Waals surface area contributed by atoms with Crippen LogP contribution in [0.5, 0.6) is 5.75 Å². The van der Waals surface area contributed by atoms with Crippen molar-refractivity contribution in [3.63, 3.8) is 0 Å². The Labute approximate surface area is 177 Å². The van der Waals surface area contributed by atoms with Gasteiger partial charge in [0.25, 0.3) is 5.91 Å². The maximum absolute atomic E-state index is 12.0. The smallest absolute Gasteiger partial charge is 0.260 e. The lowest BCUT2D eigenvalue weighted by atomic mass is 10.1. The molecular formula is C22H28N4O2S. The molecule has 2 N–H and O–H groups in total.